The molecule has 0 atom stereocenters. The molecule has 4 aromatic rings. The molecule has 0 N–H and O–H groups in total. The number of benzene rings is 2. The van der Waals surface area contributed by atoms with Gasteiger partial charge in [0.2, 0.25) is 0 Å². The number of halogens is 5. The van der Waals surface area contributed by atoms with Gasteiger partial charge in [0, 0.05) is 17.0 Å². The predicted molar refractivity (Wildman–Crippen MR) is 112 cm³/mol. The molecule has 0 saturated heterocycles. The molecule has 2 aromatic heterocycles. The summed E-state index contributed by atoms with van der Waals surface area (Å²) >= 11 is 25.1. The third kappa shape index (κ3) is 3.27. The van der Waals surface area contributed by atoms with Gasteiger partial charge in [0.05, 0.1) is 20.6 Å². The van der Waals surface area contributed by atoms with E-state index < -0.39 is 5.82 Å². The van der Waals surface area contributed by atoms with E-state index in [0.717, 1.165) is 0 Å². The number of aromatic nitrogens is 2. The van der Waals surface area contributed by atoms with Crippen LogP contribution in [0.3, 0.4) is 0 Å². The lowest BCUT2D eigenvalue weighted by atomic mass is 9.99. The van der Waals surface area contributed by atoms with E-state index >= 15 is 0 Å². The molecule has 2 aromatic carbocycles. The van der Waals surface area contributed by atoms with Crippen molar-refractivity contribution in [2.45, 2.75) is 0 Å². The molecule has 0 bridgehead atoms. The van der Waals surface area contributed by atoms with E-state index in [1.165, 1.54) is 18.3 Å². The van der Waals surface area contributed by atoms with Crippen molar-refractivity contribution in [1.29, 1.82) is 0 Å². The van der Waals surface area contributed by atoms with Gasteiger partial charge in [0.15, 0.2) is 6.20 Å². The SMILES string of the molecule is [O-][n+]1ccc2c(-c3ccc(F)cc3Cl)cc(Cl)nc2c1-c1c(Cl)cccc1Cl. The molecule has 0 aliphatic rings. The van der Waals surface area contributed by atoms with E-state index in [0.29, 0.717) is 42.4 Å². The molecule has 2 heterocycles. The van der Waals surface area contributed by atoms with Gasteiger partial charge in [-0.2, -0.15) is 4.73 Å². The van der Waals surface area contributed by atoms with Gasteiger partial charge in [0.25, 0.3) is 5.69 Å². The maximum Gasteiger partial charge on any atom is 0.253 e. The Labute approximate surface area is 179 Å². The van der Waals surface area contributed by atoms with E-state index in [4.69, 9.17) is 46.4 Å². The standard InChI is InChI=1S/C20H9Cl4FN2O/c21-14-2-1-3-15(22)18(14)20-19-12(6-7-27(20)28)13(9-17(24)26-19)11-5-4-10(25)8-16(11)23/h1-9H. The molecule has 4 rings (SSSR count). The van der Waals surface area contributed by atoms with Crippen LogP contribution in [0.5, 0.6) is 0 Å². The molecule has 140 valence electrons. The first kappa shape index (κ1) is 19.2. The molecular formula is C20H9Cl4FN2O. The molecule has 8 heteroatoms. The highest BCUT2D eigenvalue weighted by molar-refractivity contribution is 6.39. The van der Waals surface area contributed by atoms with E-state index in [1.807, 2.05) is 0 Å². The number of fused-ring (bicyclic) bond motifs is 1. The summed E-state index contributed by atoms with van der Waals surface area (Å²) < 4.78 is 14.1. The Morgan fingerprint density at radius 1 is 0.857 bits per heavy atom. The fourth-order valence-corrected chi connectivity index (χ4v) is 4.12. The zero-order chi connectivity index (χ0) is 20.0. The summed E-state index contributed by atoms with van der Waals surface area (Å²) in [5.74, 6) is -0.459. The maximum absolute atomic E-state index is 13.5. The molecule has 0 spiro atoms. The van der Waals surface area contributed by atoms with Gasteiger partial charge in [-0.05, 0) is 42.0 Å². The van der Waals surface area contributed by atoms with Crippen molar-refractivity contribution in [2.24, 2.45) is 0 Å². The number of hydrogen-bond donors (Lipinski definition) is 0. The topological polar surface area (TPSA) is 39.8 Å². The van der Waals surface area contributed by atoms with E-state index in [1.54, 1.807) is 36.4 Å². The van der Waals surface area contributed by atoms with Crippen LogP contribution in [0.15, 0.2) is 54.7 Å². The van der Waals surface area contributed by atoms with Crippen LogP contribution in [-0.4, -0.2) is 4.98 Å². The number of hydrogen-bond acceptors (Lipinski definition) is 2. The molecule has 0 fully saturated rings. The van der Waals surface area contributed by atoms with E-state index in [2.05, 4.69) is 4.98 Å². The smallest absolute Gasteiger partial charge is 0.253 e. The van der Waals surface area contributed by atoms with Crippen LogP contribution in [0.4, 0.5) is 4.39 Å². The minimum atomic E-state index is -0.459. The van der Waals surface area contributed by atoms with Crippen molar-refractivity contribution < 1.29 is 9.12 Å². The Morgan fingerprint density at radius 2 is 1.57 bits per heavy atom. The lowest BCUT2D eigenvalue weighted by molar-refractivity contribution is -0.592. The molecule has 0 aliphatic carbocycles. The van der Waals surface area contributed by atoms with Crippen molar-refractivity contribution in [3.8, 4) is 22.4 Å². The van der Waals surface area contributed by atoms with Crippen molar-refractivity contribution in [2.75, 3.05) is 0 Å². The van der Waals surface area contributed by atoms with Crippen LogP contribution in [0.1, 0.15) is 0 Å². The Morgan fingerprint density at radius 3 is 2.25 bits per heavy atom. The van der Waals surface area contributed by atoms with Crippen LogP contribution in [0.25, 0.3) is 33.3 Å². The zero-order valence-corrected chi connectivity index (χ0v) is 16.9. The Bertz CT molecular complexity index is 1230. The minimum Gasteiger partial charge on any atom is -0.618 e. The van der Waals surface area contributed by atoms with E-state index in [-0.39, 0.29) is 15.9 Å². The highest BCUT2D eigenvalue weighted by Gasteiger charge is 2.24. The summed E-state index contributed by atoms with van der Waals surface area (Å²) in [5, 5.41) is 14.2. The van der Waals surface area contributed by atoms with E-state index in [9.17, 15) is 9.60 Å². The first-order chi connectivity index (χ1) is 13.4. The number of rotatable bonds is 2. The van der Waals surface area contributed by atoms with Crippen molar-refractivity contribution in [3.05, 3.63) is 86.0 Å². The van der Waals surface area contributed by atoms with Gasteiger partial charge in [-0.15, -0.1) is 0 Å². The summed E-state index contributed by atoms with van der Waals surface area (Å²) in [4.78, 5) is 4.34. The van der Waals surface area contributed by atoms with Gasteiger partial charge < -0.3 is 5.21 Å². The molecular weight excluding hydrogens is 445 g/mol. The summed E-state index contributed by atoms with van der Waals surface area (Å²) in [6, 6.07) is 12.2. The number of nitrogens with zero attached hydrogens (tertiary/aromatic N) is 2. The third-order valence-corrected chi connectivity index (χ3v) is 5.41. The molecule has 0 amide bonds. The predicted octanol–water partition coefficient (Wildman–Crippen LogP) is 6.95. The second kappa shape index (κ2) is 7.37. The maximum atomic E-state index is 13.5. The lowest BCUT2D eigenvalue weighted by Crippen LogP contribution is -2.29. The summed E-state index contributed by atoms with van der Waals surface area (Å²) in [5.41, 5.74) is 1.96. The fourth-order valence-electron chi connectivity index (χ4n) is 3.08. The van der Waals surface area contributed by atoms with Crippen LogP contribution >= 0.6 is 46.4 Å². The monoisotopic (exact) mass is 452 g/mol. The highest BCUT2D eigenvalue weighted by atomic mass is 35.5. The lowest BCUT2D eigenvalue weighted by Gasteiger charge is -2.13. The fraction of sp³-hybridized carbons (Fsp3) is 0. The first-order valence-corrected chi connectivity index (χ1v) is 9.50. The Hall–Kier alpha value is -2.11. The quantitative estimate of drug-likeness (QED) is 0.187. The van der Waals surface area contributed by atoms with Gasteiger partial charge in [0.1, 0.15) is 16.5 Å². The Kier molecular flexibility index (Phi) is 5.06. The second-order valence-electron chi connectivity index (χ2n) is 5.97. The zero-order valence-electron chi connectivity index (χ0n) is 13.9. The largest absolute Gasteiger partial charge is 0.618 e. The summed E-state index contributed by atoms with van der Waals surface area (Å²) in [6.45, 7) is 0. The Balaban J connectivity index is 2.13. The third-order valence-electron chi connectivity index (χ3n) is 4.27. The second-order valence-corrected chi connectivity index (χ2v) is 7.57. The van der Waals surface area contributed by atoms with Crippen molar-refractivity contribution >= 4 is 57.3 Å². The van der Waals surface area contributed by atoms with Gasteiger partial charge in [-0.25, -0.2) is 9.37 Å². The normalized spacial score (nSPS) is 11.2. The number of pyridine rings is 2. The molecule has 0 unspecified atom stereocenters. The van der Waals surface area contributed by atoms with Crippen LogP contribution in [0, 0.1) is 11.0 Å². The molecule has 0 saturated carbocycles. The van der Waals surface area contributed by atoms with Crippen molar-refractivity contribution in [1.82, 2.24) is 4.98 Å². The molecule has 3 nitrogen and oxygen atoms in total. The summed E-state index contributed by atoms with van der Waals surface area (Å²) in [6.07, 6.45) is 1.33. The van der Waals surface area contributed by atoms with Gasteiger partial charge in [-0.3, -0.25) is 0 Å². The molecule has 0 aliphatic heterocycles. The summed E-state index contributed by atoms with van der Waals surface area (Å²) in [7, 11) is 0. The van der Waals surface area contributed by atoms with Crippen LogP contribution < -0.4 is 4.73 Å². The average molecular weight is 454 g/mol. The molecule has 28 heavy (non-hydrogen) atoms. The highest BCUT2D eigenvalue weighted by Crippen LogP contribution is 2.40. The van der Waals surface area contributed by atoms with Crippen molar-refractivity contribution in [3.63, 3.8) is 0 Å². The van der Waals surface area contributed by atoms with Crippen LogP contribution in [0.2, 0.25) is 20.2 Å². The van der Waals surface area contributed by atoms with Gasteiger partial charge >= 0.3 is 0 Å². The van der Waals surface area contributed by atoms with Gasteiger partial charge in [-0.1, -0.05) is 52.5 Å². The molecule has 0 radical (unpaired) electrons. The minimum absolute atomic E-state index is 0.138. The van der Waals surface area contributed by atoms with Crippen LogP contribution in [-0.2, 0) is 0 Å². The first-order valence-electron chi connectivity index (χ1n) is 7.99. The average Bonchev–Trinajstić information content (AvgIpc) is 2.62.